The Bertz CT molecular complexity index is 130. The number of hydrogen-bond donors (Lipinski definition) is 1. The van der Waals surface area contributed by atoms with Crippen LogP contribution in [0.25, 0.3) is 0 Å². The summed E-state index contributed by atoms with van der Waals surface area (Å²) in [5, 5.41) is 10.9. The third kappa shape index (κ3) is 13.3. The second-order valence-electron chi connectivity index (χ2n) is 4.95. The third-order valence-electron chi connectivity index (χ3n) is 2.71. The molecule has 2 unspecified atom stereocenters. The minimum Gasteiger partial charge on any atom is -1.00 e. The van der Waals surface area contributed by atoms with Gasteiger partial charge in [-0.2, -0.15) is 0 Å². The van der Waals surface area contributed by atoms with Gasteiger partial charge in [-0.3, -0.25) is 0 Å². The van der Waals surface area contributed by atoms with Gasteiger partial charge in [-0.1, -0.05) is 0 Å². The van der Waals surface area contributed by atoms with Crippen LogP contribution in [0, 0.1) is 5.92 Å². The quantitative estimate of drug-likeness (QED) is 0.345. The fourth-order valence-corrected chi connectivity index (χ4v) is 4.70. The molecular weight excluding hydrogens is 378 g/mol. The van der Waals surface area contributed by atoms with E-state index >= 15 is 0 Å². The van der Waals surface area contributed by atoms with Gasteiger partial charge < -0.3 is 24.0 Å². The fourth-order valence-electron chi connectivity index (χ4n) is 2.08. The van der Waals surface area contributed by atoms with Crippen LogP contribution in [-0.4, -0.2) is 25.1 Å². The van der Waals surface area contributed by atoms with E-state index in [1.54, 1.807) is 0 Å². The van der Waals surface area contributed by atoms with Crippen molar-refractivity contribution in [2.45, 2.75) is 75.4 Å². The van der Waals surface area contributed by atoms with Crippen molar-refractivity contribution in [2.24, 2.45) is 5.92 Å². The Labute approximate surface area is 124 Å². The van der Waals surface area contributed by atoms with Gasteiger partial charge in [-0.05, 0) is 0 Å². The second kappa shape index (κ2) is 12.7. The molecule has 0 rings (SSSR count). The number of unbranched alkanes of at least 4 members (excludes halogenated alkanes) is 3. The largest absolute Gasteiger partial charge is 1.00 e. The first-order chi connectivity index (χ1) is 7.06. The molecule has 0 spiro atoms. The van der Waals surface area contributed by atoms with Crippen LogP contribution < -0.4 is 24.0 Å². The normalized spacial score (nSPS) is 14.6. The zero-order valence-electron chi connectivity index (χ0n) is 11.3. The maximum absolute atomic E-state index is 9.45. The van der Waals surface area contributed by atoms with E-state index < -0.39 is 0 Å². The van der Waals surface area contributed by atoms with Crippen molar-refractivity contribution < 1.29 is 29.1 Å². The molecule has 100 valence electrons. The molecule has 0 aliphatic heterocycles. The van der Waals surface area contributed by atoms with Gasteiger partial charge in [0.25, 0.3) is 0 Å². The average Bonchev–Trinajstić information content (AvgIpc) is 2.10. The summed E-state index contributed by atoms with van der Waals surface area (Å²) in [5.41, 5.74) is 0. The zero-order valence-corrected chi connectivity index (χ0v) is 15.2. The van der Waals surface area contributed by atoms with Gasteiger partial charge in [0.05, 0.1) is 0 Å². The summed E-state index contributed by atoms with van der Waals surface area (Å²) in [7, 11) is 0. The predicted octanol–water partition coefficient (Wildman–Crippen LogP) is 1.10. The van der Waals surface area contributed by atoms with Crippen molar-refractivity contribution in [3.05, 3.63) is 0 Å². The van der Waals surface area contributed by atoms with Crippen molar-refractivity contribution in [3.63, 3.8) is 0 Å². The fraction of sp³-hybridized carbons (Fsp3) is 1.00. The molecule has 16 heavy (non-hydrogen) atoms. The molecule has 0 saturated heterocycles. The van der Waals surface area contributed by atoms with Crippen molar-refractivity contribution in [1.29, 1.82) is 0 Å². The molecule has 0 bridgehead atoms. The predicted molar refractivity (Wildman–Crippen MR) is 70.8 cm³/mol. The van der Waals surface area contributed by atoms with E-state index in [0.717, 1.165) is 12.3 Å². The van der Waals surface area contributed by atoms with Gasteiger partial charge >= 0.3 is 100 Å². The first-order valence-corrected chi connectivity index (χ1v) is 10.9. The van der Waals surface area contributed by atoms with E-state index in [-0.39, 0.29) is 44.0 Å². The molecule has 0 aliphatic carbocycles. The van der Waals surface area contributed by atoms with Gasteiger partial charge in [0, 0.05) is 0 Å². The van der Waals surface area contributed by atoms with Crippen LogP contribution in [-0.2, 0) is 0 Å². The van der Waals surface area contributed by atoms with E-state index in [2.05, 4.69) is 18.6 Å². The van der Waals surface area contributed by atoms with Crippen molar-refractivity contribution >= 4 is 13.9 Å². The van der Waals surface area contributed by atoms with Crippen LogP contribution in [0.1, 0.15) is 52.4 Å². The SMILES string of the molecule is CCCCCCC(CC(C)O)C[Se+](C)C.[I-]. The van der Waals surface area contributed by atoms with Crippen LogP contribution in [0.5, 0.6) is 0 Å². The minimum atomic E-state index is -0.335. The van der Waals surface area contributed by atoms with Gasteiger partial charge in [-0.15, -0.1) is 0 Å². The summed E-state index contributed by atoms with van der Waals surface area (Å²) in [6.45, 7) is 4.19. The molecule has 0 aromatic heterocycles. The molecule has 0 fully saturated rings. The molecule has 0 saturated carbocycles. The smallest absolute Gasteiger partial charge is 1.00 e. The molecule has 3 heteroatoms. The standard InChI is InChI=1S/C13H29OSe.HI/c1-5-6-7-8-9-13(10-12(2)14)11-15(3)4;/h12-14H,5-11H2,1-4H3;1H/q+1;/p-1. The molecular formula is C13H29IOSe. The number of halogens is 1. The summed E-state index contributed by atoms with van der Waals surface area (Å²) in [4.78, 5) is 0. The molecule has 1 N–H and O–H groups in total. The number of rotatable bonds is 9. The Hall–Kier alpha value is 1.21. The monoisotopic (exact) mass is 408 g/mol. The van der Waals surface area contributed by atoms with E-state index in [9.17, 15) is 5.11 Å². The summed E-state index contributed by atoms with van der Waals surface area (Å²) < 4.78 is 0. The van der Waals surface area contributed by atoms with Crippen LogP contribution in [0.3, 0.4) is 0 Å². The Balaban J connectivity index is 0. The van der Waals surface area contributed by atoms with Gasteiger partial charge in [0.15, 0.2) is 0 Å². The Morgan fingerprint density at radius 2 is 1.75 bits per heavy atom. The van der Waals surface area contributed by atoms with Gasteiger partial charge in [0.2, 0.25) is 0 Å². The topological polar surface area (TPSA) is 20.2 Å². The van der Waals surface area contributed by atoms with Gasteiger partial charge in [-0.25, -0.2) is 0 Å². The average molecular weight is 407 g/mol. The first-order valence-electron chi connectivity index (χ1n) is 6.28. The number of aliphatic hydroxyl groups is 1. The number of hydrogen-bond acceptors (Lipinski definition) is 1. The van der Waals surface area contributed by atoms with Gasteiger partial charge in [0.1, 0.15) is 0 Å². The van der Waals surface area contributed by atoms with Crippen LogP contribution >= 0.6 is 0 Å². The van der Waals surface area contributed by atoms with E-state index in [1.807, 2.05) is 6.92 Å². The molecule has 0 heterocycles. The van der Waals surface area contributed by atoms with Crippen molar-refractivity contribution in [3.8, 4) is 0 Å². The third-order valence-corrected chi connectivity index (χ3v) is 5.10. The maximum Gasteiger partial charge on any atom is -1.00 e. The van der Waals surface area contributed by atoms with Crippen LogP contribution in [0.15, 0.2) is 0 Å². The van der Waals surface area contributed by atoms with E-state index in [4.69, 9.17) is 0 Å². The molecule has 0 aromatic rings. The maximum atomic E-state index is 9.45. The van der Waals surface area contributed by atoms with E-state index in [1.165, 1.54) is 37.4 Å². The summed E-state index contributed by atoms with van der Waals surface area (Å²) in [5.74, 6) is 5.60. The summed E-state index contributed by atoms with van der Waals surface area (Å²) >= 11 is -0.335. The van der Waals surface area contributed by atoms with Crippen molar-refractivity contribution in [1.82, 2.24) is 0 Å². The number of aliphatic hydroxyl groups excluding tert-OH is 1. The molecule has 2 atom stereocenters. The second-order valence-corrected chi connectivity index (χ2v) is 9.79. The summed E-state index contributed by atoms with van der Waals surface area (Å²) in [6.07, 6.45) is 7.69. The Morgan fingerprint density at radius 3 is 2.19 bits per heavy atom. The zero-order chi connectivity index (χ0) is 11.7. The molecule has 1 nitrogen and oxygen atoms in total. The molecule has 0 aromatic carbocycles. The van der Waals surface area contributed by atoms with E-state index in [0.29, 0.717) is 0 Å². The summed E-state index contributed by atoms with van der Waals surface area (Å²) in [6, 6.07) is 0. The first kappa shape index (κ1) is 19.5. The van der Waals surface area contributed by atoms with Crippen LogP contribution in [0.4, 0.5) is 0 Å². The minimum absolute atomic E-state index is 0. The Kier molecular flexibility index (Phi) is 15.5. The molecule has 0 aliphatic rings. The Morgan fingerprint density at radius 1 is 1.12 bits per heavy atom. The van der Waals surface area contributed by atoms with Crippen LogP contribution in [0.2, 0.25) is 17.0 Å². The van der Waals surface area contributed by atoms with Crippen molar-refractivity contribution in [2.75, 3.05) is 0 Å². The molecule has 0 radical (unpaired) electrons. The molecule has 0 amide bonds.